The maximum absolute atomic E-state index is 4.73. The SMILES string of the molecule is Cc1nnc(CN=C(NCCCC2CCCC2)NCCc2cccs2)n1C. The molecule has 2 heterocycles. The van der Waals surface area contributed by atoms with E-state index in [1.165, 1.54) is 43.4 Å². The molecule has 1 aliphatic carbocycles. The van der Waals surface area contributed by atoms with E-state index in [0.29, 0.717) is 6.54 Å². The topological polar surface area (TPSA) is 67.1 Å². The van der Waals surface area contributed by atoms with Crippen molar-refractivity contribution in [3.8, 4) is 0 Å². The summed E-state index contributed by atoms with van der Waals surface area (Å²) < 4.78 is 1.99. The molecule has 1 fully saturated rings. The van der Waals surface area contributed by atoms with Gasteiger partial charge >= 0.3 is 0 Å². The molecule has 0 saturated heterocycles. The van der Waals surface area contributed by atoms with Crippen molar-refractivity contribution in [2.24, 2.45) is 18.0 Å². The Labute approximate surface area is 166 Å². The van der Waals surface area contributed by atoms with Crippen LogP contribution in [0.3, 0.4) is 0 Å². The standard InChI is InChI=1S/C20H32N6S/c1-16-24-25-19(26(16)2)15-23-20(22-13-11-18-10-6-14-27-18)21-12-5-9-17-7-3-4-8-17/h6,10,14,17H,3-5,7-9,11-13,15H2,1-2H3,(H2,21,22,23). The molecule has 0 radical (unpaired) electrons. The molecule has 3 rings (SSSR count). The molecule has 27 heavy (non-hydrogen) atoms. The van der Waals surface area contributed by atoms with Gasteiger partial charge in [-0.05, 0) is 43.6 Å². The van der Waals surface area contributed by atoms with Crippen LogP contribution in [0.1, 0.15) is 55.1 Å². The molecule has 0 unspecified atom stereocenters. The minimum Gasteiger partial charge on any atom is -0.356 e. The van der Waals surface area contributed by atoms with Crippen LogP contribution in [0, 0.1) is 12.8 Å². The average molecular weight is 389 g/mol. The second-order valence-corrected chi connectivity index (χ2v) is 8.40. The van der Waals surface area contributed by atoms with E-state index in [4.69, 9.17) is 4.99 Å². The third-order valence-electron chi connectivity index (χ3n) is 5.36. The van der Waals surface area contributed by atoms with Crippen LogP contribution in [-0.4, -0.2) is 33.8 Å². The first-order chi connectivity index (χ1) is 13.2. The molecule has 0 aromatic carbocycles. The number of aryl methyl sites for hydroxylation is 1. The van der Waals surface area contributed by atoms with Gasteiger partial charge in [0.1, 0.15) is 12.4 Å². The quantitative estimate of drug-likeness (QED) is 0.392. The van der Waals surface area contributed by atoms with Crippen molar-refractivity contribution in [3.05, 3.63) is 34.0 Å². The van der Waals surface area contributed by atoms with Crippen molar-refractivity contribution in [2.45, 2.75) is 58.4 Å². The fourth-order valence-electron chi connectivity index (χ4n) is 3.57. The molecular formula is C20H32N6S. The Morgan fingerprint density at radius 3 is 2.78 bits per heavy atom. The van der Waals surface area contributed by atoms with Crippen molar-refractivity contribution in [1.82, 2.24) is 25.4 Å². The fourth-order valence-corrected chi connectivity index (χ4v) is 4.28. The zero-order valence-electron chi connectivity index (χ0n) is 16.6. The lowest BCUT2D eigenvalue weighted by molar-refractivity contribution is 0.481. The van der Waals surface area contributed by atoms with Crippen LogP contribution in [0.4, 0.5) is 0 Å². The molecule has 1 saturated carbocycles. The molecule has 7 heteroatoms. The monoisotopic (exact) mass is 388 g/mol. The van der Waals surface area contributed by atoms with E-state index < -0.39 is 0 Å². The highest BCUT2D eigenvalue weighted by molar-refractivity contribution is 7.09. The molecule has 2 aromatic rings. The molecule has 0 spiro atoms. The lowest BCUT2D eigenvalue weighted by Crippen LogP contribution is -2.39. The smallest absolute Gasteiger partial charge is 0.191 e. The van der Waals surface area contributed by atoms with E-state index >= 15 is 0 Å². The van der Waals surface area contributed by atoms with E-state index in [-0.39, 0.29) is 0 Å². The van der Waals surface area contributed by atoms with E-state index in [9.17, 15) is 0 Å². The van der Waals surface area contributed by atoms with Gasteiger partial charge < -0.3 is 15.2 Å². The summed E-state index contributed by atoms with van der Waals surface area (Å²) in [6, 6.07) is 4.28. The number of hydrogen-bond acceptors (Lipinski definition) is 4. The molecule has 148 valence electrons. The van der Waals surface area contributed by atoms with Gasteiger partial charge in [0.05, 0.1) is 0 Å². The van der Waals surface area contributed by atoms with Gasteiger partial charge in [0.15, 0.2) is 11.8 Å². The zero-order chi connectivity index (χ0) is 18.9. The van der Waals surface area contributed by atoms with Crippen molar-refractivity contribution >= 4 is 17.3 Å². The van der Waals surface area contributed by atoms with Crippen molar-refractivity contribution < 1.29 is 0 Å². The van der Waals surface area contributed by atoms with Gasteiger partial charge in [0, 0.05) is 25.0 Å². The second kappa shape index (κ2) is 10.4. The number of nitrogens with one attached hydrogen (secondary N) is 2. The number of rotatable bonds is 9. The van der Waals surface area contributed by atoms with Crippen LogP contribution in [0.2, 0.25) is 0 Å². The number of nitrogens with zero attached hydrogens (tertiary/aromatic N) is 4. The number of hydrogen-bond donors (Lipinski definition) is 2. The Morgan fingerprint density at radius 1 is 1.26 bits per heavy atom. The summed E-state index contributed by atoms with van der Waals surface area (Å²) in [5, 5.41) is 17.4. The molecular weight excluding hydrogens is 356 g/mol. The van der Waals surface area contributed by atoms with Crippen LogP contribution < -0.4 is 10.6 Å². The van der Waals surface area contributed by atoms with E-state index in [1.807, 2.05) is 18.5 Å². The van der Waals surface area contributed by atoms with Gasteiger partial charge in [-0.2, -0.15) is 0 Å². The zero-order valence-corrected chi connectivity index (χ0v) is 17.4. The molecule has 0 aliphatic heterocycles. The number of thiophene rings is 1. The Morgan fingerprint density at radius 2 is 2.07 bits per heavy atom. The van der Waals surface area contributed by atoms with E-state index in [0.717, 1.165) is 43.0 Å². The second-order valence-electron chi connectivity index (χ2n) is 7.36. The number of aliphatic imine (C=N–C) groups is 1. The Bertz CT molecular complexity index is 700. The first-order valence-electron chi connectivity index (χ1n) is 10.1. The van der Waals surface area contributed by atoms with Crippen LogP contribution >= 0.6 is 11.3 Å². The molecule has 1 aliphatic rings. The summed E-state index contributed by atoms with van der Waals surface area (Å²) in [5.41, 5.74) is 0. The summed E-state index contributed by atoms with van der Waals surface area (Å²) in [4.78, 5) is 6.13. The van der Waals surface area contributed by atoms with Crippen LogP contribution in [-0.2, 0) is 20.0 Å². The molecule has 0 amide bonds. The summed E-state index contributed by atoms with van der Waals surface area (Å²) in [5.74, 6) is 3.62. The summed E-state index contributed by atoms with van der Waals surface area (Å²) in [6.07, 6.45) is 9.25. The predicted molar refractivity (Wildman–Crippen MR) is 112 cm³/mol. The van der Waals surface area contributed by atoms with Crippen molar-refractivity contribution in [3.63, 3.8) is 0 Å². The number of guanidine groups is 1. The molecule has 0 atom stereocenters. The first-order valence-corrected chi connectivity index (χ1v) is 11.0. The molecule has 2 N–H and O–H groups in total. The highest BCUT2D eigenvalue weighted by atomic mass is 32.1. The lowest BCUT2D eigenvalue weighted by Gasteiger charge is -2.14. The maximum Gasteiger partial charge on any atom is 0.191 e. The van der Waals surface area contributed by atoms with E-state index in [1.54, 1.807) is 11.3 Å². The predicted octanol–water partition coefficient (Wildman–Crippen LogP) is 3.43. The Balaban J connectivity index is 1.48. The van der Waals surface area contributed by atoms with Gasteiger partial charge in [-0.15, -0.1) is 21.5 Å². The highest BCUT2D eigenvalue weighted by Gasteiger charge is 2.14. The molecule has 6 nitrogen and oxygen atoms in total. The first kappa shape index (κ1) is 19.9. The Hall–Kier alpha value is -1.89. The van der Waals surface area contributed by atoms with Crippen LogP contribution in [0.5, 0.6) is 0 Å². The van der Waals surface area contributed by atoms with Gasteiger partial charge in [-0.1, -0.05) is 31.7 Å². The summed E-state index contributed by atoms with van der Waals surface area (Å²) in [6.45, 7) is 4.35. The summed E-state index contributed by atoms with van der Waals surface area (Å²) in [7, 11) is 1.99. The number of aromatic nitrogens is 3. The summed E-state index contributed by atoms with van der Waals surface area (Å²) >= 11 is 1.80. The third kappa shape index (κ3) is 6.34. The van der Waals surface area contributed by atoms with Gasteiger partial charge in [-0.25, -0.2) is 4.99 Å². The van der Waals surface area contributed by atoms with Gasteiger partial charge in [0.25, 0.3) is 0 Å². The average Bonchev–Trinajstić information content (AvgIpc) is 3.42. The minimum absolute atomic E-state index is 0.536. The molecule has 0 bridgehead atoms. The maximum atomic E-state index is 4.73. The van der Waals surface area contributed by atoms with E-state index in [2.05, 4.69) is 38.3 Å². The van der Waals surface area contributed by atoms with Gasteiger partial charge in [-0.3, -0.25) is 0 Å². The largest absolute Gasteiger partial charge is 0.356 e. The lowest BCUT2D eigenvalue weighted by atomic mass is 10.0. The van der Waals surface area contributed by atoms with Gasteiger partial charge in [0.2, 0.25) is 0 Å². The fraction of sp³-hybridized carbons (Fsp3) is 0.650. The van der Waals surface area contributed by atoms with Crippen LogP contribution in [0.15, 0.2) is 22.5 Å². The minimum atomic E-state index is 0.536. The molecule has 2 aromatic heterocycles. The Kier molecular flexibility index (Phi) is 7.68. The van der Waals surface area contributed by atoms with Crippen LogP contribution in [0.25, 0.3) is 0 Å². The van der Waals surface area contributed by atoms with Crippen molar-refractivity contribution in [2.75, 3.05) is 13.1 Å². The third-order valence-corrected chi connectivity index (χ3v) is 6.30. The normalized spacial score (nSPS) is 15.4. The highest BCUT2D eigenvalue weighted by Crippen LogP contribution is 2.28. The van der Waals surface area contributed by atoms with Crippen molar-refractivity contribution in [1.29, 1.82) is 0 Å².